The maximum absolute atomic E-state index is 12.2. The van der Waals surface area contributed by atoms with Crippen LogP contribution in [0.15, 0.2) is 29.3 Å². The molecular formula is C23H39IN4O3. The first-order valence-corrected chi connectivity index (χ1v) is 11.2. The Morgan fingerprint density at radius 1 is 1.16 bits per heavy atom. The number of aliphatic imine (C=N–C) groups is 1. The van der Waals surface area contributed by atoms with Gasteiger partial charge in [0.2, 0.25) is 5.91 Å². The van der Waals surface area contributed by atoms with Crippen molar-refractivity contribution in [3.05, 3.63) is 29.8 Å². The Bertz CT molecular complexity index is 679. The molecule has 1 fully saturated rings. The largest absolute Gasteiger partial charge is 0.491 e. The number of amides is 1. The minimum atomic E-state index is -0.720. The summed E-state index contributed by atoms with van der Waals surface area (Å²) in [6.45, 7) is 8.02. The normalized spacial score (nSPS) is 15.7. The molecule has 4 N–H and O–H groups in total. The summed E-state index contributed by atoms with van der Waals surface area (Å²) in [5.74, 6) is 1.70. The van der Waals surface area contributed by atoms with E-state index < -0.39 is 6.10 Å². The van der Waals surface area contributed by atoms with Gasteiger partial charge < -0.3 is 25.8 Å². The fourth-order valence-corrected chi connectivity index (χ4v) is 3.57. The molecule has 1 aliphatic carbocycles. The zero-order chi connectivity index (χ0) is 21.8. The summed E-state index contributed by atoms with van der Waals surface area (Å²) in [4.78, 5) is 16.7. The lowest BCUT2D eigenvalue weighted by atomic mass is 9.89. The summed E-state index contributed by atoms with van der Waals surface area (Å²) >= 11 is 0. The summed E-state index contributed by atoms with van der Waals surface area (Å²) in [7, 11) is 0. The maximum Gasteiger partial charge on any atom is 0.223 e. The number of ether oxygens (including phenoxy) is 1. The van der Waals surface area contributed by atoms with Gasteiger partial charge >= 0.3 is 0 Å². The number of hydrogen-bond donors (Lipinski definition) is 4. The van der Waals surface area contributed by atoms with Crippen LogP contribution in [0.25, 0.3) is 0 Å². The lowest BCUT2D eigenvalue weighted by Crippen LogP contribution is -2.42. The Hall–Kier alpha value is -1.55. The van der Waals surface area contributed by atoms with Gasteiger partial charge in [-0.25, -0.2) is 0 Å². The summed E-state index contributed by atoms with van der Waals surface area (Å²) in [6, 6.07) is 7.47. The van der Waals surface area contributed by atoms with Crippen molar-refractivity contribution in [1.29, 1.82) is 0 Å². The highest BCUT2D eigenvalue weighted by Gasteiger charge is 2.20. The van der Waals surface area contributed by atoms with Crippen LogP contribution in [0.1, 0.15) is 64.5 Å². The monoisotopic (exact) mass is 546 g/mol. The van der Waals surface area contributed by atoms with E-state index in [0.29, 0.717) is 25.6 Å². The second kappa shape index (κ2) is 15.3. The molecule has 0 saturated heterocycles. The third-order valence-electron chi connectivity index (χ3n) is 5.07. The number of benzene rings is 1. The Balaban J connectivity index is 0.00000480. The number of hydrogen-bond acceptors (Lipinski definition) is 4. The van der Waals surface area contributed by atoms with E-state index in [9.17, 15) is 9.90 Å². The molecule has 7 nitrogen and oxygen atoms in total. The smallest absolute Gasteiger partial charge is 0.223 e. The van der Waals surface area contributed by atoms with Gasteiger partial charge in [0.25, 0.3) is 0 Å². The highest BCUT2D eigenvalue weighted by molar-refractivity contribution is 14.0. The molecule has 1 aromatic carbocycles. The molecule has 1 saturated carbocycles. The molecule has 1 unspecified atom stereocenters. The first-order chi connectivity index (χ1) is 14.5. The van der Waals surface area contributed by atoms with Crippen LogP contribution in [0.4, 0.5) is 0 Å². The number of rotatable bonds is 10. The quantitative estimate of drug-likeness (QED) is 0.156. The average molecular weight is 546 g/mol. The zero-order valence-corrected chi connectivity index (χ0v) is 21.4. The molecule has 1 atom stereocenters. The van der Waals surface area contributed by atoms with Gasteiger partial charge in [-0.1, -0.05) is 31.4 Å². The van der Waals surface area contributed by atoms with Crippen LogP contribution < -0.4 is 20.7 Å². The number of aliphatic hydroxyl groups excluding tert-OH is 1. The molecule has 1 amide bonds. The molecule has 31 heavy (non-hydrogen) atoms. The van der Waals surface area contributed by atoms with Gasteiger partial charge in [0.05, 0.1) is 18.8 Å². The third kappa shape index (κ3) is 10.5. The van der Waals surface area contributed by atoms with Crippen LogP contribution in [-0.2, 0) is 4.79 Å². The van der Waals surface area contributed by atoms with Crippen molar-refractivity contribution in [3.63, 3.8) is 0 Å². The zero-order valence-electron chi connectivity index (χ0n) is 19.0. The SMILES string of the molecule is CCNC(=NCC(O)c1cccc(OC(C)C)c1)NCCNC(=O)C1CCCCC1.I. The van der Waals surface area contributed by atoms with Crippen molar-refractivity contribution < 1.29 is 14.6 Å². The highest BCUT2D eigenvalue weighted by atomic mass is 127. The maximum atomic E-state index is 12.2. The first kappa shape index (κ1) is 27.5. The second-order valence-electron chi connectivity index (χ2n) is 8.03. The van der Waals surface area contributed by atoms with Gasteiger partial charge in [-0.15, -0.1) is 24.0 Å². The van der Waals surface area contributed by atoms with Crippen LogP contribution >= 0.6 is 24.0 Å². The molecule has 0 spiro atoms. The fourth-order valence-electron chi connectivity index (χ4n) is 3.57. The van der Waals surface area contributed by atoms with E-state index in [2.05, 4.69) is 20.9 Å². The number of halogens is 1. The number of guanidine groups is 1. The Labute approximate surface area is 203 Å². The molecule has 8 heteroatoms. The molecule has 0 bridgehead atoms. The Kier molecular flexibility index (Phi) is 13.6. The molecular weight excluding hydrogens is 507 g/mol. The van der Waals surface area contributed by atoms with Crippen molar-refractivity contribution in [1.82, 2.24) is 16.0 Å². The van der Waals surface area contributed by atoms with Gasteiger partial charge in [-0.2, -0.15) is 0 Å². The topological polar surface area (TPSA) is 95.0 Å². The summed E-state index contributed by atoms with van der Waals surface area (Å²) in [5, 5.41) is 19.9. The highest BCUT2D eigenvalue weighted by Crippen LogP contribution is 2.23. The molecule has 176 valence electrons. The van der Waals surface area contributed by atoms with Gasteiger partial charge in [0, 0.05) is 25.6 Å². The lowest BCUT2D eigenvalue weighted by molar-refractivity contribution is -0.125. The second-order valence-corrected chi connectivity index (χ2v) is 8.03. The van der Waals surface area contributed by atoms with Crippen molar-refractivity contribution in [2.45, 2.75) is 65.1 Å². The molecule has 2 rings (SSSR count). The van der Waals surface area contributed by atoms with E-state index in [4.69, 9.17) is 4.74 Å². The summed E-state index contributed by atoms with van der Waals surface area (Å²) < 4.78 is 5.69. The lowest BCUT2D eigenvalue weighted by Gasteiger charge is -2.21. The molecule has 1 aromatic rings. The third-order valence-corrected chi connectivity index (χ3v) is 5.07. The van der Waals surface area contributed by atoms with Crippen LogP contribution in [0.2, 0.25) is 0 Å². The number of nitrogens with zero attached hydrogens (tertiary/aromatic N) is 1. The Morgan fingerprint density at radius 2 is 1.87 bits per heavy atom. The van der Waals surface area contributed by atoms with Gasteiger partial charge in [0.1, 0.15) is 5.75 Å². The van der Waals surface area contributed by atoms with Crippen LogP contribution in [0.5, 0.6) is 5.75 Å². The first-order valence-electron chi connectivity index (χ1n) is 11.2. The summed E-state index contributed by atoms with van der Waals surface area (Å²) in [5.41, 5.74) is 0.771. The van der Waals surface area contributed by atoms with E-state index in [1.807, 2.05) is 45.0 Å². The number of nitrogens with one attached hydrogen (secondary N) is 3. The van der Waals surface area contributed by atoms with Gasteiger partial charge in [0.15, 0.2) is 5.96 Å². The van der Waals surface area contributed by atoms with Crippen molar-refractivity contribution in [3.8, 4) is 5.75 Å². The fraction of sp³-hybridized carbons (Fsp3) is 0.652. The predicted octanol–water partition coefficient (Wildman–Crippen LogP) is 3.38. The van der Waals surface area contributed by atoms with Crippen molar-refractivity contribution >= 4 is 35.8 Å². The van der Waals surface area contributed by atoms with Crippen molar-refractivity contribution in [2.75, 3.05) is 26.2 Å². The van der Waals surface area contributed by atoms with Crippen molar-refractivity contribution in [2.24, 2.45) is 10.9 Å². The minimum Gasteiger partial charge on any atom is -0.491 e. The molecule has 0 heterocycles. The number of carbonyl (C=O) groups is 1. The van der Waals surface area contributed by atoms with Crippen LogP contribution in [-0.4, -0.2) is 49.3 Å². The Morgan fingerprint density at radius 3 is 2.55 bits per heavy atom. The van der Waals surface area contributed by atoms with Gasteiger partial charge in [-0.3, -0.25) is 9.79 Å². The van der Waals surface area contributed by atoms with E-state index >= 15 is 0 Å². The van der Waals surface area contributed by atoms with Crippen LogP contribution in [0.3, 0.4) is 0 Å². The van der Waals surface area contributed by atoms with E-state index in [-0.39, 0.29) is 48.5 Å². The number of carbonyl (C=O) groups excluding carboxylic acids is 1. The van der Waals surface area contributed by atoms with Gasteiger partial charge in [-0.05, 0) is 51.3 Å². The molecule has 0 radical (unpaired) electrons. The molecule has 0 aromatic heterocycles. The molecule has 0 aliphatic heterocycles. The van der Waals surface area contributed by atoms with E-state index in [1.54, 1.807) is 0 Å². The predicted molar refractivity (Wildman–Crippen MR) is 136 cm³/mol. The molecule has 1 aliphatic rings. The number of aliphatic hydroxyl groups is 1. The van der Waals surface area contributed by atoms with Crippen LogP contribution in [0, 0.1) is 5.92 Å². The standard InChI is InChI=1S/C23H38N4O3.HI/c1-4-24-23(26-14-13-25-22(29)18-9-6-5-7-10-18)27-16-21(28)19-11-8-12-20(15-19)30-17(2)3;/h8,11-12,15,17-18,21,28H,4-7,9-10,13-14,16H2,1-3H3,(H,25,29)(H2,24,26,27);1H. The minimum absolute atomic E-state index is 0. The van der Waals surface area contributed by atoms with E-state index in [0.717, 1.165) is 37.0 Å². The average Bonchev–Trinajstić information content (AvgIpc) is 2.74. The van der Waals surface area contributed by atoms with E-state index in [1.165, 1.54) is 6.42 Å². The summed E-state index contributed by atoms with van der Waals surface area (Å²) in [6.07, 6.45) is 4.93.